The van der Waals surface area contributed by atoms with Crippen LogP contribution in [0.3, 0.4) is 0 Å². The summed E-state index contributed by atoms with van der Waals surface area (Å²) in [5, 5.41) is 5.30. The van der Waals surface area contributed by atoms with Crippen LogP contribution in [0.1, 0.15) is 35.7 Å². The van der Waals surface area contributed by atoms with Crippen molar-refractivity contribution in [2.75, 3.05) is 0 Å². The average Bonchev–Trinajstić information content (AvgIpc) is 2.70. The summed E-state index contributed by atoms with van der Waals surface area (Å²) in [5.74, 6) is -4.20. The predicted molar refractivity (Wildman–Crippen MR) is 38.3 cm³/mol. The normalized spacial score (nSPS) is 31.8. The summed E-state index contributed by atoms with van der Waals surface area (Å²) in [4.78, 5) is 0. The van der Waals surface area contributed by atoms with E-state index in [-0.39, 0.29) is 5.56 Å². The molecule has 2 aliphatic rings. The molecule has 1 aromatic heterocycles. The Labute approximate surface area is 76.3 Å². The molecule has 1 fully saturated rings. The first-order valence-corrected chi connectivity index (χ1v) is 4.28. The maximum Gasteiger partial charge on any atom is 0.295 e. The van der Waals surface area contributed by atoms with E-state index in [1.54, 1.807) is 0 Å². The molecule has 1 aromatic rings. The molecule has 1 heterocycles. The lowest BCUT2D eigenvalue weighted by Crippen LogP contribution is -2.13. The molecule has 0 spiro atoms. The van der Waals surface area contributed by atoms with Crippen molar-refractivity contribution in [1.29, 1.82) is 0 Å². The van der Waals surface area contributed by atoms with Crippen molar-refractivity contribution in [2.24, 2.45) is 5.92 Å². The van der Waals surface area contributed by atoms with Gasteiger partial charge in [-0.3, -0.25) is 5.10 Å². The number of halogens is 4. The highest BCUT2D eigenvalue weighted by Gasteiger charge is 2.66. The number of rotatable bonds is 1. The van der Waals surface area contributed by atoms with E-state index in [0.717, 1.165) is 0 Å². The van der Waals surface area contributed by atoms with E-state index < -0.39 is 35.6 Å². The zero-order chi connectivity index (χ0) is 10.1. The Kier molecular flexibility index (Phi) is 1.25. The number of aromatic nitrogens is 2. The van der Waals surface area contributed by atoms with Gasteiger partial charge < -0.3 is 0 Å². The van der Waals surface area contributed by atoms with Gasteiger partial charge in [-0.05, 0) is 12.3 Å². The van der Waals surface area contributed by atoms with Crippen molar-refractivity contribution < 1.29 is 17.6 Å². The number of fused-ring (bicyclic) bond motifs is 3. The summed E-state index contributed by atoms with van der Waals surface area (Å²) >= 11 is 0. The molecule has 14 heavy (non-hydrogen) atoms. The molecule has 2 atom stereocenters. The fourth-order valence-corrected chi connectivity index (χ4v) is 2.25. The van der Waals surface area contributed by atoms with Gasteiger partial charge >= 0.3 is 0 Å². The molecule has 0 radical (unpaired) electrons. The van der Waals surface area contributed by atoms with Crippen molar-refractivity contribution in [3.63, 3.8) is 0 Å². The standard InChI is InChI=1S/C8H6F4N2/c9-7(10)5-4-2-1-3(2)8(11,12)6(4)14-13-5/h2-3,7H,1H2,(H,13,14)/t2-,3+/m1/s1. The molecule has 1 N–H and O–H groups in total. The molecule has 0 bridgehead atoms. The third kappa shape index (κ3) is 0.749. The second kappa shape index (κ2) is 2.12. The summed E-state index contributed by atoms with van der Waals surface area (Å²) in [5.41, 5.74) is -0.825. The van der Waals surface area contributed by atoms with E-state index >= 15 is 0 Å². The molecule has 2 nitrogen and oxygen atoms in total. The Morgan fingerprint density at radius 1 is 1.43 bits per heavy atom. The minimum absolute atomic E-state index is 0.0648. The van der Waals surface area contributed by atoms with E-state index in [1.807, 2.05) is 5.10 Å². The van der Waals surface area contributed by atoms with Gasteiger partial charge in [-0.25, -0.2) is 8.78 Å². The minimum Gasteiger partial charge on any atom is -0.276 e. The molecule has 6 heteroatoms. The van der Waals surface area contributed by atoms with Gasteiger partial charge in [-0.1, -0.05) is 0 Å². The highest BCUT2D eigenvalue weighted by molar-refractivity contribution is 5.45. The van der Waals surface area contributed by atoms with Gasteiger partial charge in [0.25, 0.3) is 12.3 Å². The summed E-state index contributed by atoms with van der Waals surface area (Å²) in [6.07, 6.45) is -2.44. The second-order valence-corrected chi connectivity index (χ2v) is 3.77. The van der Waals surface area contributed by atoms with Gasteiger partial charge in [0, 0.05) is 11.5 Å². The van der Waals surface area contributed by atoms with Crippen LogP contribution in [0.25, 0.3) is 0 Å². The molecule has 2 aliphatic carbocycles. The number of alkyl halides is 4. The highest BCUT2D eigenvalue weighted by Crippen LogP contribution is 2.67. The first-order valence-electron chi connectivity index (χ1n) is 4.28. The Balaban J connectivity index is 2.17. The maximum absolute atomic E-state index is 13.3. The number of aromatic amines is 1. The van der Waals surface area contributed by atoms with Crippen molar-refractivity contribution >= 4 is 0 Å². The number of hydrogen-bond donors (Lipinski definition) is 1. The lowest BCUT2D eigenvalue weighted by molar-refractivity contribution is -0.0268. The van der Waals surface area contributed by atoms with Crippen LogP contribution in [0, 0.1) is 5.92 Å². The monoisotopic (exact) mass is 206 g/mol. The Morgan fingerprint density at radius 2 is 2.14 bits per heavy atom. The molecule has 76 valence electrons. The molecule has 0 saturated heterocycles. The van der Waals surface area contributed by atoms with Crippen LogP contribution in [-0.2, 0) is 5.92 Å². The van der Waals surface area contributed by atoms with E-state index in [1.165, 1.54) is 0 Å². The first-order chi connectivity index (χ1) is 6.53. The fourth-order valence-electron chi connectivity index (χ4n) is 2.25. The number of nitrogens with one attached hydrogen (secondary N) is 1. The zero-order valence-corrected chi connectivity index (χ0v) is 6.90. The average molecular weight is 206 g/mol. The molecule has 0 unspecified atom stereocenters. The van der Waals surface area contributed by atoms with Crippen molar-refractivity contribution in [3.8, 4) is 0 Å². The van der Waals surface area contributed by atoms with Crippen LogP contribution in [-0.4, -0.2) is 10.2 Å². The zero-order valence-electron chi connectivity index (χ0n) is 6.90. The van der Waals surface area contributed by atoms with Gasteiger partial charge in [0.15, 0.2) is 0 Å². The largest absolute Gasteiger partial charge is 0.295 e. The molecule has 0 aliphatic heterocycles. The Bertz CT molecular complexity index is 398. The lowest BCUT2D eigenvalue weighted by atomic mass is 10.1. The van der Waals surface area contributed by atoms with Gasteiger partial charge in [0.05, 0.1) is 0 Å². The summed E-state index contributed by atoms with van der Waals surface area (Å²) < 4.78 is 51.4. The molecule has 0 aromatic carbocycles. The molecule has 1 saturated carbocycles. The molecular formula is C8H6F4N2. The third-order valence-electron chi connectivity index (χ3n) is 2.99. The maximum atomic E-state index is 13.3. The van der Waals surface area contributed by atoms with E-state index in [0.29, 0.717) is 6.42 Å². The van der Waals surface area contributed by atoms with Gasteiger partial charge in [0.2, 0.25) is 0 Å². The van der Waals surface area contributed by atoms with Crippen LogP contribution >= 0.6 is 0 Å². The van der Waals surface area contributed by atoms with Crippen LogP contribution in [0.2, 0.25) is 0 Å². The SMILES string of the molecule is FC(F)c1[nH]nc2c1[C@@H]1C[C@@H]1C2(F)F. The number of nitrogens with zero attached hydrogens (tertiary/aromatic N) is 1. The topological polar surface area (TPSA) is 28.7 Å². The predicted octanol–water partition coefficient (Wildman–Crippen LogP) is 2.56. The molecular weight excluding hydrogens is 200 g/mol. The van der Waals surface area contributed by atoms with Crippen LogP contribution in [0.4, 0.5) is 17.6 Å². The first kappa shape index (κ1) is 8.26. The van der Waals surface area contributed by atoms with Gasteiger partial charge in [0.1, 0.15) is 11.4 Å². The van der Waals surface area contributed by atoms with E-state index in [4.69, 9.17) is 0 Å². The smallest absolute Gasteiger partial charge is 0.276 e. The molecule has 0 amide bonds. The Morgan fingerprint density at radius 3 is 2.79 bits per heavy atom. The van der Waals surface area contributed by atoms with Crippen molar-refractivity contribution in [3.05, 3.63) is 17.0 Å². The van der Waals surface area contributed by atoms with Crippen LogP contribution in [0.15, 0.2) is 0 Å². The van der Waals surface area contributed by atoms with Crippen LogP contribution in [0.5, 0.6) is 0 Å². The highest BCUT2D eigenvalue weighted by atomic mass is 19.3. The number of hydrogen-bond acceptors (Lipinski definition) is 1. The minimum atomic E-state index is -3.01. The second-order valence-electron chi connectivity index (χ2n) is 3.77. The van der Waals surface area contributed by atoms with E-state index in [2.05, 4.69) is 5.10 Å². The third-order valence-corrected chi connectivity index (χ3v) is 2.99. The van der Waals surface area contributed by atoms with Crippen molar-refractivity contribution in [1.82, 2.24) is 10.2 Å². The fraction of sp³-hybridized carbons (Fsp3) is 0.625. The summed E-state index contributed by atoms with van der Waals surface area (Å²) in [7, 11) is 0. The molecule has 3 rings (SSSR count). The van der Waals surface area contributed by atoms with Gasteiger partial charge in [-0.15, -0.1) is 0 Å². The van der Waals surface area contributed by atoms with Crippen molar-refractivity contribution in [2.45, 2.75) is 24.7 Å². The Hall–Kier alpha value is -1.07. The summed E-state index contributed by atoms with van der Waals surface area (Å²) in [6.45, 7) is 0. The lowest BCUT2D eigenvalue weighted by Gasteiger charge is -2.08. The number of H-pyrrole nitrogens is 1. The quantitative estimate of drug-likeness (QED) is 0.703. The van der Waals surface area contributed by atoms with E-state index in [9.17, 15) is 17.6 Å². The summed E-state index contributed by atoms with van der Waals surface area (Å²) in [6, 6.07) is 0. The van der Waals surface area contributed by atoms with Crippen LogP contribution < -0.4 is 0 Å². The van der Waals surface area contributed by atoms with Gasteiger partial charge in [-0.2, -0.15) is 13.9 Å².